The minimum atomic E-state index is -0.0591. The van der Waals surface area contributed by atoms with Crippen LogP contribution in [0.1, 0.15) is 26.2 Å². The smallest absolute Gasteiger partial charge is 0.323 e. The zero-order valence-corrected chi connectivity index (χ0v) is 10.5. The monoisotopic (exact) mass is 231 g/mol. The van der Waals surface area contributed by atoms with Crippen LogP contribution in [0.2, 0.25) is 0 Å². The SMILES string of the molecule is CCSCCN1CCCCC1C(=O)OC. The van der Waals surface area contributed by atoms with Crippen molar-refractivity contribution in [2.75, 3.05) is 31.7 Å². The lowest BCUT2D eigenvalue weighted by Crippen LogP contribution is -2.46. The highest BCUT2D eigenvalue weighted by Gasteiger charge is 2.28. The molecule has 1 aliphatic heterocycles. The molecular weight excluding hydrogens is 210 g/mol. The van der Waals surface area contributed by atoms with Crippen molar-refractivity contribution < 1.29 is 9.53 Å². The van der Waals surface area contributed by atoms with Gasteiger partial charge in [0.1, 0.15) is 6.04 Å². The van der Waals surface area contributed by atoms with Crippen molar-refractivity contribution in [3.05, 3.63) is 0 Å². The molecule has 0 aliphatic carbocycles. The molecule has 0 amide bonds. The molecule has 0 N–H and O–H groups in total. The van der Waals surface area contributed by atoms with E-state index in [1.165, 1.54) is 13.5 Å². The number of methoxy groups -OCH3 is 1. The second kappa shape index (κ2) is 7.12. The first-order chi connectivity index (χ1) is 7.29. The molecule has 0 radical (unpaired) electrons. The van der Waals surface area contributed by atoms with Crippen LogP contribution in [0.3, 0.4) is 0 Å². The first-order valence-electron chi connectivity index (χ1n) is 5.69. The summed E-state index contributed by atoms with van der Waals surface area (Å²) in [6.07, 6.45) is 3.32. The third-order valence-corrected chi connectivity index (χ3v) is 3.69. The predicted octanol–water partition coefficient (Wildman–Crippen LogP) is 1.77. The zero-order chi connectivity index (χ0) is 11.1. The van der Waals surface area contributed by atoms with Crippen LogP contribution in [-0.2, 0) is 9.53 Å². The Morgan fingerprint density at radius 3 is 3.00 bits per heavy atom. The van der Waals surface area contributed by atoms with Crippen molar-refractivity contribution in [2.45, 2.75) is 32.2 Å². The number of esters is 1. The van der Waals surface area contributed by atoms with Gasteiger partial charge in [0, 0.05) is 12.3 Å². The molecule has 1 unspecified atom stereocenters. The summed E-state index contributed by atoms with van der Waals surface area (Å²) in [6.45, 7) is 4.22. The van der Waals surface area contributed by atoms with Crippen molar-refractivity contribution in [3.63, 3.8) is 0 Å². The average molecular weight is 231 g/mol. The number of carbonyl (C=O) groups excluding carboxylic acids is 1. The summed E-state index contributed by atoms with van der Waals surface area (Å²) in [5, 5.41) is 0. The summed E-state index contributed by atoms with van der Waals surface area (Å²) in [7, 11) is 1.48. The molecular formula is C11H21NO2S. The van der Waals surface area contributed by atoms with Crippen LogP contribution in [0.15, 0.2) is 0 Å². The third-order valence-electron chi connectivity index (χ3n) is 2.81. The van der Waals surface area contributed by atoms with Crippen LogP contribution >= 0.6 is 11.8 Å². The van der Waals surface area contributed by atoms with E-state index in [1.54, 1.807) is 0 Å². The molecule has 1 aliphatic rings. The topological polar surface area (TPSA) is 29.5 Å². The van der Waals surface area contributed by atoms with Crippen LogP contribution in [0.5, 0.6) is 0 Å². The Morgan fingerprint density at radius 2 is 2.33 bits per heavy atom. The molecule has 0 aromatic carbocycles. The molecule has 1 heterocycles. The van der Waals surface area contributed by atoms with Crippen LogP contribution in [0.25, 0.3) is 0 Å². The van der Waals surface area contributed by atoms with Crippen molar-refractivity contribution in [3.8, 4) is 0 Å². The summed E-state index contributed by atoms with van der Waals surface area (Å²) in [4.78, 5) is 13.8. The average Bonchev–Trinajstić information content (AvgIpc) is 2.29. The van der Waals surface area contributed by atoms with E-state index in [1.807, 2.05) is 11.8 Å². The van der Waals surface area contributed by atoms with Gasteiger partial charge in [-0.1, -0.05) is 13.3 Å². The summed E-state index contributed by atoms with van der Waals surface area (Å²) >= 11 is 1.93. The van der Waals surface area contributed by atoms with Crippen LogP contribution in [0.4, 0.5) is 0 Å². The lowest BCUT2D eigenvalue weighted by Gasteiger charge is -2.33. The fraction of sp³-hybridized carbons (Fsp3) is 0.909. The zero-order valence-electron chi connectivity index (χ0n) is 9.70. The molecule has 88 valence electrons. The number of rotatable bonds is 5. The summed E-state index contributed by atoms with van der Waals surface area (Å²) in [5.74, 6) is 2.21. The molecule has 3 nitrogen and oxygen atoms in total. The first-order valence-corrected chi connectivity index (χ1v) is 6.84. The Balaban J connectivity index is 2.39. The van der Waals surface area contributed by atoms with Crippen molar-refractivity contribution in [2.24, 2.45) is 0 Å². The highest BCUT2D eigenvalue weighted by Crippen LogP contribution is 2.18. The lowest BCUT2D eigenvalue weighted by molar-refractivity contribution is -0.148. The number of ether oxygens (including phenoxy) is 1. The third kappa shape index (κ3) is 4.03. The molecule has 1 rings (SSSR count). The van der Waals surface area contributed by atoms with Crippen LogP contribution < -0.4 is 0 Å². The van der Waals surface area contributed by atoms with Gasteiger partial charge in [-0.05, 0) is 25.1 Å². The van der Waals surface area contributed by atoms with E-state index in [-0.39, 0.29) is 12.0 Å². The fourth-order valence-corrected chi connectivity index (χ4v) is 2.64. The quantitative estimate of drug-likeness (QED) is 0.533. The highest BCUT2D eigenvalue weighted by molar-refractivity contribution is 7.99. The summed E-state index contributed by atoms with van der Waals surface area (Å²) in [6, 6.07) is 0.0150. The van der Waals surface area contributed by atoms with E-state index in [0.717, 1.165) is 37.4 Å². The normalized spacial score (nSPS) is 22.7. The second-order valence-electron chi connectivity index (χ2n) is 3.77. The molecule has 1 fully saturated rings. The number of likely N-dealkylation sites (tertiary alicyclic amines) is 1. The molecule has 0 aromatic rings. The van der Waals surface area contributed by atoms with Crippen LogP contribution in [-0.4, -0.2) is 48.6 Å². The molecule has 0 bridgehead atoms. The van der Waals surface area contributed by atoms with Crippen LogP contribution in [0, 0.1) is 0 Å². The first kappa shape index (κ1) is 12.8. The maximum absolute atomic E-state index is 11.5. The Kier molecular flexibility index (Phi) is 6.10. The molecule has 0 spiro atoms. The van der Waals surface area contributed by atoms with Gasteiger partial charge in [0.2, 0.25) is 0 Å². The number of hydrogen-bond acceptors (Lipinski definition) is 4. The fourth-order valence-electron chi connectivity index (χ4n) is 1.99. The Labute approximate surface area is 96.5 Å². The molecule has 1 atom stereocenters. The summed E-state index contributed by atoms with van der Waals surface area (Å²) < 4.78 is 4.84. The van der Waals surface area contributed by atoms with Gasteiger partial charge in [0.05, 0.1) is 7.11 Å². The minimum Gasteiger partial charge on any atom is -0.468 e. The number of nitrogens with zero attached hydrogens (tertiary/aromatic N) is 1. The van der Waals surface area contributed by atoms with Gasteiger partial charge in [-0.25, -0.2) is 0 Å². The Bertz CT molecular complexity index is 199. The van der Waals surface area contributed by atoms with Gasteiger partial charge in [0.25, 0.3) is 0 Å². The van der Waals surface area contributed by atoms with Gasteiger partial charge in [0.15, 0.2) is 0 Å². The van der Waals surface area contributed by atoms with E-state index in [4.69, 9.17) is 4.74 Å². The number of thioether (sulfide) groups is 1. The van der Waals surface area contributed by atoms with E-state index >= 15 is 0 Å². The molecule has 1 saturated heterocycles. The largest absolute Gasteiger partial charge is 0.468 e. The Hall–Kier alpha value is -0.220. The van der Waals surface area contributed by atoms with Gasteiger partial charge >= 0.3 is 5.97 Å². The second-order valence-corrected chi connectivity index (χ2v) is 5.16. The van der Waals surface area contributed by atoms with Gasteiger partial charge in [-0.3, -0.25) is 9.69 Å². The highest BCUT2D eigenvalue weighted by atomic mass is 32.2. The molecule has 4 heteroatoms. The number of hydrogen-bond donors (Lipinski definition) is 0. The molecule has 15 heavy (non-hydrogen) atoms. The minimum absolute atomic E-state index is 0.0150. The number of piperidine rings is 1. The maximum atomic E-state index is 11.5. The van der Waals surface area contributed by atoms with E-state index in [9.17, 15) is 4.79 Å². The van der Waals surface area contributed by atoms with E-state index < -0.39 is 0 Å². The number of carbonyl (C=O) groups is 1. The van der Waals surface area contributed by atoms with E-state index in [2.05, 4.69) is 11.8 Å². The molecule has 0 saturated carbocycles. The molecule has 0 aromatic heterocycles. The predicted molar refractivity (Wildman–Crippen MR) is 64.2 cm³/mol. The van der Waals surface area contributed by atoms with Gasteiger partial charge in [-0.2, -0.15) is 11.8 Å². The van der Waals surface area contributed by atoms with Gasteiger partial charge < -0.3 is 4.74 Å². The summed E-state index contributed by atoms with van der Waals surface area (Å²) in [5.41, 5.74) is 0. The standard InChI is InChI=1S/C11H21NO2S/c1-3-15-9-8-12-7-5-4-6-10(12)11(13)14-2/h10H,3-9H2,1-2H3. The van der Waals surface area contributed by atoms with Crippen molar-refractivity contribution in [1.82, 2.24) is 4.90 Å². The van der Waals surface area contributed by atoms with E-state index in [0.29, 0.717) is 0 Å². The van der Waals surface area contributed by atoms with Crippen molar-refractivity contribution >= 4 is 17.7 Å². The lowest BCUT2D eigenvalue weighted by atomic mass is 10.0. The Morgan fingerprint density at radius 1 is 1.53 bits per heavy atom. The maximum Gasteiger partial charge on any atom is 0.323 e. The van der Waals surface area contributed by atoms with Crippen molar-refractivity contribution in [1.29, 1.82) is 0 Å². The van der Waals surface area contributed by atoms with Gasteiger partial charge in [-0.15, -0.1) is 0 Å².